The lowest BCUT2D eigenvalue weighted by Crippen LogP contribution is -2.59. The minimum atomic E-state index is -0.0261. The summed E-state index contributed by atoms with van der Waals surface area (Å²) in [6, 6.07) is 44.4. The van der Waals surface area contributed by atoms with E-state index in [0.29, 0.717) is 0 Å². The highest BCUT2D eigenvalue weighted by molar-refractivity contribution is 7.33. The molecule has 0 spiro atoms. The van der Waals surface area contributed by atoms with Crippen LogP contribution in [0.1, 0.15) is 83.6 Å². The lowest BCUT2D eigenvalue weighted by molar-refractivity contribution is 0.332. The van der Waals surface area contributed by atoms with Gasteiger partial charge in [0.25, 0.3) is 6.71 Å². The predicted molar refractivity (Wildman–Crippen MR) is 239 cm³/mol. The third-order valence-electron chi connectivity index (χ3n) is 12.6. The summed E-state index contributed by atoms with van der Waals surface area (Å²) < 4.78 is 9.67. The Hall–Kier alpha value is -5.33. The maximum atomic E-state index is 7.04. The third kappa shape index (κ3) is 5.43. The van der Waals surface area contributed by atoms with Gasteiger partial charge in [-0.1, -0.05) is 115 Å². The molecule has 56 heavy (non-hydrogen) atoms. The van der Waals surface area contributed by atoms with Crippen LogP contribution in [0, 0.1) is 6.92 Å². The second-order valence-electron chi connectivity index (χ2n) is 18.4. The van der Waals surface area contributed by atoms with Crippen LogP contribution in [0.5, 0.6) is 11.5 Å². The van der Waals surface area contributed by atoms with E-state index in [0.717, 1.165) is 52.1 Å². The average Bonchev–Trinajstić information content (AvgIpc) is 3.56. The molecule has 0 saturated heterocycles. The monoisotopic (exact) mass is 749 g/mol. The van der Waals surface area contributed by atoms with E-state index in [1.807, 2.05) is 11.3 Å². The molecular formula is C50H48BN3OS. The molecule has 0 amide bonds. The summed E-state index contributed by atoms with van der Waals surface area (Å²) in [5.41, 5.74) is 12.4. The van der Waals surface area contributed by atoms with Gasteiger partial charge in [0, 0.05) is 43.5 Å². The van der Waals surface area contributed by atoms with E-state index in [9.17, 15) is 0 Å². The Labute approximate surface area is 335 Å². The third-order valence-corrected chi connectivity index (χ3v) is 13.8. The number of hydrogen-bond acceptors (Lipinski definition) is 5. The minimum Gasteiger partial charge on any atom is -0.458 e. The molecule has 2 aliphatic heterocycles. The smallest absolute Gasteiger partial charge is 0.271 e. The summed E-state index contributed by atoms with van der Waals surface area (Å²) in [6.45, 7) is 18.7. The van der Waals surface area contributed by atoms with Crippen molar-refractivity contribution >= 4 is 78.2 Å². The van der Waals surface area contributed by atoms with Crippen molar-refractivity contribution in [3.63, 3.8) is 0 Å². The number of ether oxygens (including phenoxy) is 1. The van der Waals surface area contributed by atoms with Crippen LogP contribution in [0.3, 0.4) is 0 Å². The van der Waals surface area contributed by atoms with Crippen molar-refractivity contribution in [2.45, 2.75) is 84.5 Å². The number of nitrogens with zero attached hydrogens (tertiary/aromatic N) is 3. The molecule has 7 aromatic rings. The molecule has 0 fully saturated rings. The molecule has 5 aromatic carbocycles. The molecule has 0 N–H and O–H groups in total. The van der Waals surface area contributed by atoms with Gasteiger partial charge in [-0.25, -0.2) is 4.98 Å². The lowest BCUT2D eigenvalue weighted by Gasteiger charge is -2.43. The van der Waals surface area contributed by atoms with E-state index in [-0.39, 0.29) is 23.0 Å². The first-order chi connectivity index (χ1) is 26.8. The van der Waals surface area contributed by atoms with Crippen LogP contribution in [0.25, 0.3) is 10.1 Å². The molecule has 0 radical (unpaired) electrons. The van der Waals surface area contributed by atoms with Gasteiger partial charge in [0.05, 0.1) is 5.69 Å². The number of aryl methyl sites for hydroxylation is 1. The van der Waals surface area contributed by atoms with E-state index >= 15 is 0 Å². The first kappa shape index (κ1) is 35.1. The molecule has 0 unspecified atom stereocenters. The fourth-order valence-electron chi connectivity index (χ4n) is 9.32. The Balaban J connectivity index is 1.32. The molecule has 2 aromatic heterocycles. The van der Waals surface area contributed by atoms with Crippen LogP contribution in [-0.4, -0.2) is 11.7 Å². The first-order valence-corrected chi connectivity index (χ1v) is 20.9. The average molecular weight is 750 g/mol. The quantitative estimate of drug-likeness (QED) is 0.168. The Bertz CT molecular complexity index is 2650. The number of fused-ring (bicyclic) bond motifs is 7. The van der Waals surface area contributed by atoms with Gasteiger partial charge in [-0.15, -0.1) is 11.3 Å². The molecule has 0 saturated carbocycles. The minimum absolute atomic E-state index is 0.00527. The number of rotatable bonds is 4. The van der Waals surface area contributed by atoms with E-state index in [2.05, 4.69) is 187 Å². The lowest BCUT2D eigenvalue weighted by atomic mass is 9.37. The summed E-state index contributed by atoms with van der Waals surface area (Å²) in [5, 5.41) is 1.28. The second-order valence-corrected chi connectivity index (χ2v) is 19.5. The van der Waals surface area contributed by atoms with Crippen molar-refractivity contribution in [3.05, 3.63) is 144 Å². The van der Waals surface area contributed by atoms with Gasteiger partial charge in [0.15, 0.2) is 0 Å². The molecule has 6 heteroatoms. The zero-order valence-corrected chi connectivity index (χ0v) is 34.5. The number of hydrogen-bond donors (Lipinski definition) is 0. The van der Waals surface area contributed by atoms with Crippen molar-refractivity contribution in [2.24, 2.45) is 0 Å². The summed E-state index contributed by atoms with van der Waals surface area (Å²) in [4.78, 5) is 10.6. The van der Waals surface area contributed by atoms with Crippen molar-refractivity contribution in [1.29, 1.82) is 0 Å². The number of para-hydroxylation sites is 2. The van der Waals surface area contributed by atoms with Gasteiger partial charge >= 0.3 is 0 Å². The number of benzene rings is 5. The topological polar surface area (TPSA) is 28.6 Å². The number of anilines is 6. The van der Waals surface area contributed by atoms with Crippen LogP contribution in [-0.2, 0) is 16.2 Å². The zero-order valence-electron chi connectivity index (χ0n) is 33.7. The van der Waals surface area contributed by atoms with Crippen LogP contribution in [0.4, 0.5) is 34.4 Å². The number of pyridine rings is 1. The highest BCUT2D eigenvalue weighted by Crippen LogP contribution is 2.51. The Morgan fingerprint density at radius 2 is 1.41 bits per heavy atom. The molecule has 4 nitrogen and oxygen atoms in total. The first-order valence-electron chi connectivity index (χ1n) is 20.0. The molecule has 3 aliphatic rings. The normalized spacial score (nSPS) is 16.1. The maximum absolute atomic E-state index is 7.04. The molecule has 4 heterocycles. The molecular weight excluding hydrogens is 701 g/mol. The molecule has 1 aliphatic carbocycles. The SMILES string of the molecule is Cc1ccc2c(c1)B1c3sc4ccc(C(C)(C)C)cc4c3N(c3ccc4c(c3)C(C)(C)CCC4(C)C)c3nc(N(c4ccccc4)c4ccccc4)cc(c31)O2. The number of aromatic nitrogens is 1. The van der Waals surface area contributed by atoms with E-state index in [1.54, 1.807) is 0 Å². The van der Waals surface area contributed by atoms with Gasteiger partial charge in [-0.05, 0) is 113 Å². The van der Waals surface area contributed by atoms with Crippen molar-refractivity contribution < 1.29 is 4.74 Å². The maximum Gasteiger partial charge on any atom is 0.271 e. The van der Waals surface area contributed by atoms with Gasteiger partial charge in [-0.2, -0.15) is 0 Å². The molecule has 278 valence electrons. The van der Waals surface area contributed by atoms with E-state index in [4.69, 9.17) is 9.72 Å². The fraction of sp³-hybridized carbons (Fsp3) is 0.260. The Kier molecular flexibility index (Phi) is 7.74. The van der Waals surface area contributed by atoms with Crippen LogP contribution in [0.2, 0.25) is 0 Å². The molecule has 0 bridgehead atoms. The summed E-state index contributed by atoms with van der Waals surface area (Å²) in [6.07, 6.45) is 2.32. The van der Waals surface area contributed by atoms with Crippen molar-refractivity contribution in [3.8, 4) is 11.5 Å². The second kappa shape index (κ2) is 12.3. The molecule has 0 atom stereocenters. The highest BCUT2D eigenvalue weighted by Gasteiger charge is 2.46. The Morgan fingerprint density at radius 1 is 0.732 bits per heavy atom. The van der Waals surface area contributed by atoms with Gasteiger partial charge in [-0.3, -0.25) is 9.80 Å². The summed E-state index contributed by atoms with van der Waals surface area (Å²) in [5.74, 6) is 3.50. The standard InChI is InChI=1S/C50H48BN3OS/c1-31-19-23-40-39(27-31)51-44-41(55-40)30-43(53(33-15-11-9-12-16-33)34-17-13-10-14-18-34)52-47(44)54(35-21-22-37-38(29-35)50(7,8)26-25-49(37,5)6)45-36-28-32(48(2,3)4)20-24-42(36)56-46(45)51/h9-24,27-30H,25-26H2,1-8H3. The Morgan fingerprint density at radius 3 is 2.09 bits per heavy atom. The van der Waals surface area contributed by atoms with Crippen molar-refractivity contribution in [1.82, 2.24) is 4.98 Å². The van der Waals surface area contributed by atoms with Crippen LogP contribution in [0.15, 0.2) is 121 Å². The van der Waals surface area contributed by atoms with E-state index in [1.165, 1.54) is 54.7 Å². The highest BCUT2D eigenvalue weighted by atomic mass is 32.1. The van der Waals surface area contributed by atoms with Crippen molar-refractivity contribution in [2.75, 3.05) is 9.80 Å². The zero-order chi connectivity index (χ0) is 38.7. The van der Waals surface area contributed by atoms with Gasteiger partial charge < -0.3 is 4.74 Å². The van der Waals surface area contributed by atoms with Crippen LogP contribution < -0.4 is 30.2 Å². The van der Waals surface area contributed by atoms with Gasteiger partial charge in [0.1, 0.15) is 23.1 Å². The summed E-state index contributed by atoms with van der Waals surface area (Å²) >= 11 is 1.92. The summed E-state index contributed by atoms with van der Waals surface area (Å²) in [7, 11) is 0. The number of thiophene rings is 1. The van der Waals surface area contributed by atoms with Crippen LogP contribution >= 0.6 is 11.3 Å². The van der Waals surface area contributed by atoms with E-state index < -0.39 is 0 Å². The predicted octanol–water partition coefficient (Wildman–Crippen LogP) is 12.1. The molecule has 10 rings (SSSR count). The fourth-order valence-corrected chi connectivity index (χ4v) is 10.6. The largest absolute Gasteiger partial charge is 0.458 e. The van der Waals surface area contributed by atoms with Gasteiger partial charge in [0.2, 0.25) is 0 Å².